The molecule has 1 N–H and O–H groups in total. The number of methoxy groups -OCH3 is 1. The van der Waals surface area contributed by atoms with Crippen molar-refractivity contribution in [3.05, 3.63) is 51.5 Å². The van der Waals surface area contributed by atoms with E-state index in [2.05, 4.69) is 5.32 Å². The number of rotatable bonds is 6. The van der Waals surface area contributed by atoms with Crippen molar-refractivity contribution in [2.75, 3.05) is 13.7 Å². The van der Waals surface area contributed by atoms with E-state index in [9.17, 15) is 13.2 Å². The Morgan fingerprint density at radius 1 is 1.19 bits per heavy atom. The fourth-order valence-corrected chi connectivity index (χ4v) is 3.04. The highest BCUT2D eigenvalue weighted by Crippen LogP contribution is 2.36. The summed E-state index contributed by atoms with van der Waals surface area (Å²) in [4.78, 5) is 0.732. The normalized spacial score (nSPS) is 12.4. The van der Waals surface area contributed by atoms with E-state index in [1.165, 1.54) is 24.5 Å². The fourth-order valence-electron chi connectivity index (χ4n) is 2.08. The molecule has 0 aliphatic rings. The molecule has 0 amide bonds. The molecule has 1 atom stereocenters. The van der Waals surface area contributed by atoms with Crippen LogP contribution in [-0.2, 0) is 0 Å². The molecule has 21 heavy (non-hydrogen) atoms. The van der Waals surface area contributed by atoms with Gasteiger partial charge >= 0.3 is 0 Å². The molecule has 1 heterocycles. The highest BCUT2D eigenvalue weighted by atomic mass is 32.1. The first-order valence-corrected chi connectivity index (χ1v) is 7.46. The number of benzene rings is 1. The average molecular weight is 315 g/mol. The topological polar surface area (TPSA) is 21.3 Å². The smallest absolute Gasteiger partial charge is 0.194 e. The molecule has 2 aromatic rings. The van der Waals surface area contributed by atoms with Gasteiger partial charge in [-0.1, -0.05) is 13.0 Å². The number of nitrogens with one attached hydrogen (secondary N) is 1. The van der Waals surface area contributed by atoms with Gasteiger partial charge in [0.1, 0.15) is 5.75 Å². The largest absolute Gasteiger partial charge is 0.496 e. The predicted octanol–water partition coefficient (Wildman–Crippen LogP) is 4.26. The zero-order valence-corrected chi connectivity index (χ0v) is 12.6. The van der Waals surface area contributed by atoms with Crippen LogP contribution in [0.4, 0.5) is 13.2 Å². The van der Waals surface area contributed by atoms with E-state index in [0.717, 1.165) is 17.4 Å². The molecule has 0 saturated heterocycles. The summed E-state index contributed by atoms with van der Waals surface area (Å²) in [7, 11) is 1.52. The summed E-state index contributed by atoms with van der Waals surface area (Å²) >= 11 is 1.38. The Morgan fingerprint density at radius 2 is 1.95 bits per heavy atom. The maximum atomic E-state index is 14.1. The first-order chi connectivity index (χ1) is 10.1. The molecule has 2 rings (SSSR count). The fraction of sp³-hybridized carbons (Fsp3) is 0.333. The van der Waals surface area contributed by atoms with E-state index in [4.69, 9.17) is 4.74 Å². The molecule has 6 heteroatoms. The number of ether oxygens (including phenoxy) is 1. The lowest BCUT2D eigenvalue weighted by atomic mass is 10.0. The Balaban J connectivity index is 2.48. The molecule has 0 fully saturated rings. The van der Waals surface area contributed by atoms with Crippen LogP contribution in [0.1, 0.15) is 29.8 Å². The molecule has 1 unspecified atom stereocenters. The maximum absolute atomic E-state index is 14.1. The Labute approximate surface area is 125 Å². The van der Waals surface area contributed by atoms with Crippen LogP contribution in [0, 0.1) is 17.5 Å². The zero-order valence-electron chi connectivity index (χ0n) is 11.8. The highest BCUT2D eigenvalue weighted by molar-refractivity contribution is 7.10. The summed E-state index contributed by atoms with van der Waals surface area (Å²) in [6.07, 6.45) is 0.829. The van der Waals surface area contributed by atoms with E-state index in [-0.39, 0.29) is 5.56 Å². The summed E-state index contributed by atoms with van der Waals surface area (Å²) in [5.41, 5.74) is 0.0723. The molecular weight excluding hydrogens is 299 g/mol. The van der Waals surface area contributed by atoms with Gasteiger partial charge in [-0.05, 0) is 30.5 Å². The Bertz CT molecular complexity index is 615. The second-order valence-corrected chi connectivity index (χ2v) is 5.45. The summed E-state index contributed by atoms with van der Waals surface area (Å²) in [5, 5.41) is 4.96. The molecule has 1 aromatic heterocycles. The molecule has 0 aliphatic heterocycles. The molecule has 0 radical (unpaired) electrons. The van der Waals surface area contributed by atoms with Gasteiger partial charge in [-0.15, -0.1) is 11.3 Å². The zero-order chi connectivity index (χ0) is 15.4. The standard InChI is InChI=1S/C15H16F3NOS/c1-3-7-19-14(15-11(20-2)6-8-21-15)9-4-5-10(16)13(18)12(9)17/h4-6,8,14,19H,3,7H2,1-2H3. The SMILES string of the molecule is CCCNC(c1ccc(F)c(F)c1F)c1sccc1OC. The Morgan fingerprint density at radius 3 is 2.62 bits per heavy atom. The van der Waals surface area contributed by atoms with Gasteiger partial charge in [-0.2, -0.15) is 0 Å². The Kier molecular flexibility index (Phi) is 5.25. The molecule has 0 aliphatic carbocycles. The first kappa shape index (κ1) is 15.9. The van der Waals surface area contributed by atoms with Crippen molar-refractivity contribution in [3.63, 3.8) is 0 Å². The van der Waals surface area contributed by atoms with Crippen LogP contribution < -0.4 is 10.1 Å². The van der Waals surface area contributed by atoms with Gasteiger partial charge in [0.15, 0.2) is 17.5 Å². The molecule has 2 nitrogen and oxygen atoms in total. The quantitative estimate of drug-likeness (QED) is 0.804. The number of hydrogen-bond acceptors (Lipinski definition) is 3. The monoisotopic (exact) mass is 315 g/mol. The molecule has 1 aromatic carbocycles. The van der Waals surface area contributed by atoms with Gasteiger partial charge in [-0.3, -0.25) is 0 Å². The first-order valence-electron chi connectivity index (χ1n) is 6.58. The summed E-state index contributed by atoms with van der Waals surface area (Å²) in [5.74, 6) is -3.22. The predicted molar refractivity (Wildman–Crippen MR) is 77.3 cm³/mol. The average Bonchev–Trinajstić information content (AvgIpc) is 2.95. The van der Waals surface area contributed by atoms with Gasteiger partial charge in [-0.25, -0.2) is 13.2 Å². The minimum absolute atomic E-state index is 0.0723. The third kappa shape index (κ3) is 3.22. The van der Waals surface area contributed by atoms with E-state index in [1.54, 1.807) is 6.07 Å². The maximum Gasteiger partial charge on any atom is 0.194 e. The van der Waals surface area contributed by atoms with Crippen molar-refractivity contribution in [2.24, 2.45) is 0 Å². The van der Waals surface area contributed by atoms with Gasteiger partial charge in [0.2, 0.25) is 0 Å². The van der Waals surface area contributed by atoms with E-state index < -0.39 is 23.5 Å². The van der Waals surface area contributed by atoms with Crippen LogP contribution in [0.25, 0.3) is 0 Å². The highest BCUT2D eigenvalue weighted by Gasteiger charge is 2.25. The molecule has 114 valence electrons. The lowest BCUT2D eigenvalue weighted by molar-refractivity contribution is 0.403. The number of hydrogen-bond donors (Lipinski definition) is 1. The molecule has 0 bridgehead atoms. The van der Waals surface area contributed by atoms with E-state index >= 15 is 0 Å². The third-order valence-corrected chi connectivity index (χ3v) is 4.08. The van der Waals surface area contributed by atoms with Crippen molar-refractivity contribution < 1.29 is 17.9 Å². The summed E-state index contributed by atoms with van der Waals surface area (Å²) in [6.45, 7) is 2.58. The van der Waals surface area contributed by atoms with Crippen molar-refractivity contribution in [3.8, 4) is 5.75 Å². The van der Waals surface area contributed by atoms with Crippen molar-refractivity contribution in [2.45, 2.75) is 19.4 Å². The third-order valence-electron chi connectivity index (χ3n) is 3.11. The second kappa shape index (κ2) is 6.95. The van der Waals surface area contributed by atoms with Gasteiger partial charge < -0.3 is 10.1 Å². The van der Waals surface area contributed by atoms with Crippen LogP contribution in [-0.4, -0.2) is 13.7 Å². The van der Waals surface area contributed by atoms with Gasteiger partial charge in [0.05, 0.1) is 18.0 Å². The van der Waals surface area contributed by atoms with Crippen molar-refractivity contribution >= 4 is 11.3 Å². The molecular formula is C15H16F3NOS. The van der Waals surface area contributed by atoms with Crippen LogP contribution >= 0.6 is 11.3 Å². The van der Waals surface area contributed by atoms with Crippen LogP contribution in [0.5, 0.6) is 5.75 Å². The molecule has 0 spiro atoms. The van der Waals surface area contributed by atoms with Crippen molar-refractivity contribution in [1.82, 2.24) is 5.32 Å². The summed E-state index contributed by atoms with van der Waals surface area (Å²) in [6, 6.07) is 3.39. The number of halogens is 3. The minimum atomic E-state index is -1.45. The second-order valence-electron chi connectivity index (χ2n) is 4.50. The van der Waals surface area contributed by atoms with Gasteiger partial charge in [0.25, 0.3) is 0 Å². The lowest BCUT2D eigenvalue weighted by Crippen LogP contribution is -2.24. The Hall–Kier alpha value is -1.53. The van der Waals surface area contributed by atoms with E-state index in [1.807, 2.05) is 12.3 Å². The van der Waals surface area contributed by atoms with Gasteiger partial charge in [0, 0.05) is 5.56 Å². The van der Waals surface area contributed by atoms with Crippen LogP contribution in [0.3, 0.4) is 0 Å². The van der Waals surface area contributed by atoms with Crippen LogP contribution in [0.2, 0.25) is 0 Å². The minimum Gasteiger partial charge on any atom is -0.496 e. The summed E-state index contributed by atoms with van der Waals surface area (Å²) < 4.78 is 45.9. The van der Waals surface area contributed by atoms with E-state index in [0.29, 0.717) is 12.3 Å². The van der Waals surface area contributed by atoms with Crippen molar-refractivity contribution in [1.29, 1.82) is 0 Å². The number of thiophene rings is 1. The lowest BCUT2D eigenvalue weighted by Gasteiger charge is -2.20. The molecule has 0 saturated carbocycles. The van der Waals surface area contributed by atoms with Crippen LogP contribution in [0.15, 0.2) is 23.6 Å².